The van der Waals surface area contributed by atoms with E-state index in [0.29, 0.717) is 18.8 Å². The molecule has 16 heavy (non-hydrogen) atoms. The highest BCUT2D eigenvalue weighted by atomic mass is 19.1. The van der Waals surface area contributed by atoms with Crippen LogP contribution in [0.1, 0.15) is 12.0 Å². The number of benzene rings is 1. The minimum Gasteiger partial charge on any atom is -0.493 e. The van der Waals surface area contributed by atoms with E-state index in [1.807, 2.05) is 0 Å². The van der Waals surface area contributed by atoms with E-state index >= 15 is 0 Å². The maximum absolute atomic E-state index is 11.8. The van der Waals surface area contributed by atoms with Gasteiger partial charge in [-0.15, -0.1) is 0 Å². The number of ether oxygens (including phenoxy) is 1. The smallest absolute Gasteiger partial charge is 0.328 e. The zero-order valence-corrected chi connectivity index (χ0v) is 8.73. The first kappa shape index (κ1) is 12.2. The Morgan fingerprint density at radius 1 is 1.38 bits per heavy atom. The second-order valence-electron chi connectivity index (χ2n) is 3.13. The molecular weight excluding hydrogens is 211 g/mol. The highest BCUT2D eigenvalue weighted by Crippen LogP contribution is 2.13. The molecule has 0 unspecified atom stereocenters. The first-order chi connectivity index (χ1) is 7.72. The topological polar surface area (TPSA) is 46.5 Å². The van der Waals surface area contributed by atoms with Crippen LogP contribution in [0.3, 0.4) is 0 Å². The molecule has 1 aromatic carbocycles. The van der Waals surface area contributed by atoms with Crippen LogP contribution in [-0.4, -0.2) is 24.4 Å². The molecule has 0 heterocycles. The molecule has 86 valence electrons. The summed E-state index contributed by atoms with van der Waals surface area (Å²) in [6.45, 7) is -0.0414. The summed E-state index contributed by atoms with van der Waals surface area (Å²) >= 11 is 0. The Bertz CT molecular complexity index is 357. The standard InChI is InChI=1S/C12H13FO3/c13-8-1-9-16-11-5-2-10(3-6-11)4-7-12(14)15/h2-7H,1,8-9H2,(H,14,15)/b7-4+. The molecule has 0 aliphatic rings. The van der Waals surface area contributed by atoms with Gasteiger partial charge in [-0.3, -0.25) is 4.39 Å². The van der Waals surface area contributed by atoms with Gasteiger partial charge in [0.25, 0.3) is 0 Å². The quantitative estimate of drug-likeness (QED) is 0.596. The molecule has 0 fully saturated rings. The molecule has 0 radical (unpaired) electrons. The molecule has 0 atom stereocenters. The van der Waals surface area contributed by atoms with Crippen molar-refractivity contribution in [2.24, 2.45) is 0 Å². The zero-order chi connectivity index (χ0) is 11.8. The van der Waals surface area contributed by atoms with Gasteiger partial charge in [0, 0.05) is 12.5 Å². The largest absolute Gasteiger partial charge is 0.493 e. The lowest BCUT2D eigenvalue weighted by Gasteiger charge is -2.04. The second kappa shape index (κ2) is 6.61. The predicted molar refractivity (Wildman–Crippen MR) is 59.2 cm³/mol. The molecule has 0 amide bonds. The molecule has 4 heteroatoms. The number of hydrogen-bond acceptors (Lipinski definition) is 2. The van der Waals surface area contributed by atoms with Gasteiger partial charge in [-0.05, 0) is 23.8 Å². The molecule has 1 N–H and O–H groups in total. The van der Waals surface area contributed by atoms with Crippen LogP contribution < -0.4 is 4.74 Å². The van der Waals surface area contributed by atoms with E-state index in [-0.39, 0.29) is 6.67 Å². The third-order valence-electron chi connectivity index (χ3n) is 1.85. The van der Waals surface area contributed by atoms with Crippen molar-refractivity contribution in [3.05, 3.63) is 35.9 Å². The van der Waals surface area contributed by atoms with Crippen molar-refractivity contribution < 1.29 is 19.0 Å². The van der Waals surface area contributed by atoms with Gasteiger partial charge in [-0.2, -0.15) is 0 Å². The lowest BCUT2D eigenvalue weighted by atomic mass is 10.2. The molecule has 0 aliphatic carbocycles. The number of carboxylic acids is 1. The van der Waals surface area contributed by atoms with Gasteiger partial charge in [0.2, 0.25) is 0 Å². The van der Waals surface area contributed by atoms with Crippen LogP contribution in [0.5, 0.6) is 5.75 Å². The number of carbonyl (C=O) groups is 1. The van der Waals surface area contributed by atoms with E-state index in [1.165, 1.54) is 6.08 Å². The summed E-state index contributed by atoms with van der Waals surface area (Å²) in [7, 11) is 0. The molecule has 0 saturated carbocycles. The Morgan fingerprint density at radius 3 is 2.62 bits per heavy atom. The molecule has 1 aromatic rings. The van der Waals surface area contributed by atoms with Crippen LogP contribution in [0.4, 0.5) is 4.39 Å². The van der Waals surface area contributed by atoms with Crippen LogP contribution in [-0.2, 0) is 4.79 Å². The number of hydrogen-bond donors (Lipinski definition) is 1. The van der Waals surface area contributed by atoms with E-state index in [1.54, 1.807) is 24.3 Å². The molecule has 0 aliphatic heterocycles. The van der Waals surface area contributed by atoms with E-state index in [2.05, 4.69) is 0 Å². The Morgan fingerprint density at radius 2 is 2.06 bits per heavy atom. The monoisotopic (exact) mass is 224 g/mol. The molecule has 0 bridgehead atoms. The highest BCUT2D eigenvalue weighted by molar-refractivity contribution is 5.85. The normalized spacial score (nSPS) is 10.6. The first-order valence-corrected chi connectivity index (χ1v) is 4.92. The highest BCUT2D eigenvalue weighted by Gasteiger charge is 1.94. The zero-order valence-electron chi connectivity index (χ0n) is 8.73. The van der Waals surface area contributed by atoms with Crippen molar-refractivity contribution in [2.75, 3.05) is 13.3 Å². The van der Waals surface area contributed by atoms with Gasteiger partial charge in [0.1, 0.15) is 5.75 Å². The van der Waals surface area contributed by atoms with Crippen LogP contribution in [0.25, 0.3) is 6.08 Å². The number of alkyl halides is 1. The predicted octanol–water partition coefficient (Wildman–Crippen LogP) is 2.52. The van der Waals surface area contributed by atoms with Gasteiger partial charge >= 0.3 is 5.97 Å². The summed E-state index contributed by atoms with van der Waals surface area (Å²) in [6.07, 6.45) is 2.94. The summed E-state index contributed by atoms with van der Waals surface area (Å²) in [5, 5.41) is 8.43. The van der Waals surface area contributed by atoms with Gasteiger partial charge in [0.15, 0.2) is 0 Å². The van der Waals surface area contributed by atoms with E-state index in [9.17, 15) is 9.18 Å². The summed E-state index contributed by atoms with van der Waals surface area (Å²) in [4.78, 5) is 10.3. The Balaban J connectivity index is 2.51. The van der Waals surface area contributed by atoms with Crippen LogP contribution >= 0.6 is 0 Å². The molecule has 1 rings (SSSR count). The van der Waals surface area contributed by atoms with E-state index < -0.39 is 5.97 Å². The van der Waals surface area contributed by atoms with E-state index in [0.717, 1.165) is 11.6 Å². The fraction of sp³-hybridized carbons (Fsp3) is 0.250. The van der Waals surface area contributed by atoms with E-state index in [4.69, 9.17) is 9.84 Å². The van der Waals surface area contributed by atoms with Gasteiger partial charge in [-0.25, -0.2) is 4.79 Å². The number of rotatable bonds is 6. The lowest BCUT2D eigenvalue weighted by molar-refractivity contribution is -0.131. The average molecular weight is 224 g/mol. The maximum atomic E-state index is 11.8. The maximum Gasteiger partial charge on any atom is 0.328 e. The third kappa shape index (κ3) is 4.59. The number of carboxylic acid groups (broad SMARTS) is 1. The minimum absolute atomic E-state index is 0.348. The van der Waals surface area contributed by atoms with Gasteiger partial charge < -0.3 is 9.84 Å². The second-order valence-corrected chi connectivity index (χ2v) is 3.13. The van der Waals surface area contributed by atoms with Gasteiger partial charge in [0.05, 0.1) is 13.3 Å². The third-order valence-corrected chi connectivity index (χ3v) is 1.85. The van der Waals surface area contributed by atoms with Crippen molar-refractivity contribution in [1.82, 2.24) is 0 Å². The Hall–Kier alpha value is -1.84. The summed E-state index contributed by atoms with van der Waals surface area (Å²) < 4.78 is 17.0. The molecule has 0 saturated heterocycles. The van der Waals surface area contributed by atoms with Gasteiger partial charge in [-0.1, -0.05) is 12.1 Å². The first-order valence-electron chi connectivity index (χ1n) is 4.92. The fourth-order valence-electron chi connectivity index (χ4n) is 1.09. The Labute approximate surface area is 93.2 Å². The number of aliphatic carboxylic acids is 1. The van der Waals surface area contributed by atoms with Crippen molar-refractivity contribution >= 4 is 12.0 Å². The summed E-state index contributed by atoms with van der Waals surface area (Å²) in [5.41, 5.74) is 0.778. The fourth-order valence-corrected chi connectivity index (χ4v) is 1.09. The van der Waals surface area contributed by atoms with Crippen LogP contribution in [0.15, 0.2) is 30.3 Å². The van der Waals surface area contributed by atoms with Crippen LogP contribution in [0, 0.1) is 0 Å². The minimum atomic E-state index is -0.983. The summed E-state index contributed by atoms with van der Waals surface area (Å²) in [6, 6.07) is 6.92. The SMILES string of the molecule is O=C(O)/C=C/c1ccc(OCCCF)cc1. The molecular formula is C12H13FO3. The lowest BCUT2D eigenvalue weighted by Crippen LogP contribution is -1.97. The molecule has 3 nitrogen and oxygen atoms in total. The van der Waals surface area contributed by atoms with Crippen molar-refractivity contribution in [1.29, 1.82) is 0 Å². The van der Waals surface area contributed by atoms with Crippen molar-refractivity contribution in [3.8, 4) is 5.75 Å². The summed E-state index contributed by atoms with van der Waals surface area (Å²) in [5.74, 6) is -0.329. The molecule has 0 aromatic heterocycles. The number of halogens is 1. The Kier molecular flexibility index (Phi) is 5.05. The van der Waals surface area contributed by atoms with Crippen LogP contribution in [0.2, 0.25) is 0 Å². The van der Waals surface area contributed by atoms with Crippen molar-refractivity contribution in [2.45, 2.75) is 6.42 Å². The molecule has 0 spiro atoms. The van der Waals surface area contributed by atoms with Crippen molar-refractivity contribution in [3.63, 3.8) is 0 Å². The average Bonchev–Trinajstić information content (AvgIpc) is 2.28.